The predicted molar refractivity (Wildman–Crippen MR) is 190 cm³/mol. The standard InChI is InChI=1S/C20H25N3O3.C18H19N3O3/c1-4-20(25,14-7-5-6-8-14)15-9-13(17-11(2)23-26-12(17)3)10-16-18(15)22-19(24)21-16;1-9-15(10(2)24-21-9)12-7-13(17(22)11-5-3-4-6-11)16-14(8-12)19-18(23)20-16/h9-10,14,25H,4-8H2,1-3H3,(H2,21,22,24);7-8,11H,3-6H2,1-2H3,(H2,19,20,23). The van der Waals surface area contributed by atoms with Gasteiger partial charge in [-0.05, 0) is 101 Å². The zero-order valence-electron chi connectivity index (χ0n) is 29.2. The molecule has 12 heteroatoms. The minimum Gasteiger partial charge on any atom is -0.385 e. The van der Waals surface area contributed by atoms with E-state index in [1.165, 1.54) is 0 Å². The van der Waals surface area contributed by atoms with Crippen molar-refractivity contribution in [3.8, 4) is 22.3 Å². The Morgan fingerprint density at radius 3 is 1.78 bits per heavy atom. The molecular formula is C38H44N6O6. The normalized spacial score (nSPS) is 16.7. The van der Waals surface area contributed by atoms with Crippen molar-refractivity contribution in [2.45, 2.75) is 98.0 Å². The molecule has 0 saturated heterocycles. The second kappa shape index (κ2) is 13.1. The molecule has 8 rings (SSSR count). The number of nitrogens with zero attached hydrogens (tertiary/aromatic N) is 2. The van der Waals surface area contributed by atoms with Gasteiger partial charge in [0.1, 0.15) is 11.5 Å². The SMILES string of the molecule is CCC(O)(c1cc(-c2c(C)noc2C)cc2[nH]c(=O)[nH]c12)C1CCCC1.Cc1noc(C)c1-c1cc(C(=O)C2CCCC2)c2[nH]c(=O)[nH]c2c1. The van der Waals surface area contributed by atoms with E-state index in [0.717, 1.165) is 96.3 Å². The molecule has 2 fully saturated rings. The highest BCUT2D eigenvalue weighted by Gasteiger charge is 2.40. The van der Waals surface area contributed by atoms with Crippen molar-refractivity contribution in [2.75, 3.05) is 0 Å². The number of Topliss-reactive ketones (excluding diaryl/α,β-unsaturated/α-hetero) is 1. The van der Waals surface area contributed by atoms with E-state index in [9.17, 15) is 19.5 Å². The maximum Gasteiger partial charge on any atom is 0.323 e. The molecule has 0 aliphatic heterocycles. The number of aryl methyl sites for hydroxylation is 4. The summed E-state index contributed by atoms with van der Waals surface area (Å²) in [7, 11) is 0. The first-order chi connectivity index (χ1) is 24.0. The van der Waals surface area contributed by atoms with Crippen LogP contribution in [0, 0.1) is 39.5 Å². The summed E-state index contributed by atoms with van der Waals surface area (Å²) < 4.78 is 10.6. The van der Waals surface area contributed by atoms with Crippen LogP contribution in [0.25, 0.3) is 44.3 Å². The number of hydrogen-bond acceptors (Lipinski definition) is 8. The van der Waals surface area contributed by atoms with Crippen LogP contribution in [0.1, 0.15) is 104 Å². The molecule has 4 heterocycles. The number of aliphatic hydroxyl groups is 1. The number of benzene rings is 2. The summed E-state index contributed by atoms with van der Waals surface area (Å²) >= 11 is 0. The lowest BCUT2D eigenvalue weighted by Crippen LogP contribution is -2.33. The Kier molecular flexibility index (Phi) is 8.75. The first-order valence-electron chi connectivity index (χ1n) is 17.6. The molecule has 2 saturated carbocycles. The lowest BCUT2D eigenvalue weighted by Gasteiger charge is -2.34. The predicted octanol–water partition coefficient (Wildman–Crippen LogP) is 7.42. The Labute approximate surface area is 288 Å². The fourth-order valence-electron chi connectivity index (χ4n) is 8.41. The summed E-state index contributed by atoms with van der Waals surface area (Å²) in [4.78, 5) is 48.0. The van der Waals surface area contributed by atoms with Crippen molar-refractivity contribution in [1.82, 2.24) is 30.2 Å². The second-order valence-electron chi connectivity index (χ2n) is 14.1. The van der Waals surface area contributed by atoms with E-state index in [4.69, 9.17) is 9.05 Å². The molecule has 1 unspecified atom stereocenters. The molecule has 12 nitrogen and oxygen atoms in total. The number of carbonyl (C=O) groups is 1. The number of H-pyrrole nitrogens is 4. The Morgan fingerprint density at radius 1 is 0.760 bits per heavy atom. The highest BCUT2D eigenvalue weighted by atomic mass is 16.5. The van der Waals surface area contributed by atoms with Crippen molar-refractivity contribution >= 4 is 27.9 Å². The van der Waals surface area contributed by atoms with Gasteiger partial charge in [0.15, 0.2) is 5.78 Å². The number of aromatic nitrogens is 6. The largest absolute Gasteiger partial charge is 0.385 e. The molecule has 5 N–H and O–H groups in total. The van der Waals surface area contributed by atoms with Crippen LogP contribution < -0.4 is 11.4 Å². The first kappa shape index (κ1) is 33.5. The van der Waals surface area contributed by atoms with Gasteiger partial charge in [-0.1, -0.05) is 42.9 Å². The van der Waals surface area contributed by atoms with Crippen molar-refractivity contribution in [3.05, 3.63) is 79.3 Å². The fraction of sp³-hybridized carbons (Fsp3) is 0.447. The molecular weight excluding hydrogens is 636 g/mol. The maximum atomic E-state index is 13.0. The first-order valence-corrected chi connectivity index (χ1v) is 17.6. The Morgan fingerprint density at radius 2 is 1.26 bits per heavy atom. The molecule has 4 aromatic heterocycles. The molecule has 50 heavy (non-hydrogen) atoms. The van der Waals surface area contributed by atoms with E-state index in [1.807, 2.05) is 58.9 Å². The zero-order valence-corrected chi connectivity index (χ0v) is 29.2. The number of hydrogen-bond donors (Lipinski definition) is 5. The van der Waals surface area contributed by atoms with Gasteiger partial charge in [-0.3, -0.25) is 4.79 Å². The number of fused-ring (bicyclic) bond motifs is 2. The van der Waals surface area contributed by atoms with Gasteiger partial charge in [-0.25, -0.2) is 9.59 Å². The zero-order chi connectivity index (χ0) is 35.3. The Bertz CT molecular complexity index is 2280. The highest BCUT2D eigenvalue weighted by Crippen LogP contribution is 2.46. The third-order valence-electron chi connectivity index (χ3n) is 10.9. The second-order valence-corrected chi connectivity index (χ2v) is 14.1. The number of nitrogens with one attached hydrogen (secondary N) is 4. The van der Waals surface area contributed by atoms with Gasteiger partial charge in [0.2, 0.25) is 0 Å². The van der Waals surface area contributed by atoms with Crippen molar-refractivity contribution < 1.29 is 18.9 Å². The van der Waals surface area contributed by atoms with Crippen molar-refractivity contribution in [3.63, 3.8) is 0 Å². The van der Waals surface area contributed by atoms with Gasteiger partial charge >= 0.3 is 11.4 Å². The number of ketones is 1. The van der Waals surface area contributed by atoms with Crippen LogP contribution in [0.15, 0.2) is 42.9 Å². The van der Waals surface area contributed by atoms with E-state index in [2.05, 4.69) is 30.2 Å². The molecule has 0 spiro atoms. The smallest absolute Gasteiger partial charge is 0.323 e. The van der Waals surface area contributed by atoms with Crippen LogP contribution in [0.5, 0.6) is 0 Å². The van der Waals surface area contributed by atoms with Gasteiger partial charge in [-0.2, -0.15) is 0 Å². The number of rotatable bonds is 7. The lowest BCUT2D eigenvalue weighted by atomic mass is 9.77. The van der Waals surface area contributed by atoms with Gasteiger partial charge in [-0.15, -0.1) is 0 Å². The fourth-order valence-corrected chi connectivity index (χ4v) is 8.41. The number of aromatic amines is 4. The molecule has 2 aliphatic carbocycles. The van der Waals surface area contributed by atoms with Gasteiger partial charge in [0.25, 0.3) is 0 Å². The summed E-state index contributed by atoms with van der Waals surface area (Å²) in [6.07, 6.45) is 8.93. The molecule has 262 valence electrons. The quantitative estimate of drug-likeness (QED) is 0.108. The topological polar surface area (TPSA) is 187 Å². The lowest BCUT2D eigenvalue weighted by molar-refractivity contribution is -0.0244. The van der Waals surface area contributed by atoms with Crippen LogP contribution >= 0.6 is 0 Å². The van der Waals surface area contributed by atoms with Gasteiger partial charge in [0.05, 0.1) is 39.1 Å². The number of carbonyl (C=O) groups excluding carboxylic acids is 1. The summed E-state index contributed by atoms with van der Waals surface area (Å²) in [6, 6.07) is 7.65. The summed E-state index contributed by atoms with van der Waals surface area (Å²) in [5.41, 5.74) is 7.57. The molecule has 1 atom stereocenters. The van der Waals surface area contributed by atoms with Crippen LogP contribution in [-0.4, -0.2) is 41.1 Å². The monoisotopic (exact) mass is 680 g/mol. The van der Waals surface area contributed by atoms with Crippen molar-refractivity contribution in [1.29, 1.82) is 0 Å². The number of imidazole rings is 2. The summed E-state index contributed by atoms with van der Waals surface area (Å²) in [6.45, 7) is 9.50. The minimum absolute atomic E-state index is 0.0477. The van der Waals surface area contributed by atoms with E-state index in [1.54, 1.807) is 0 Å². The highest BCUT2D eigenvalue weighted by molar-refractivity contribution is 6.09. The summed E-state index contributed by atoms with van der Waals surface area (Å²) in [5, 5.41) is 19.7. The molecule has 0 amide bonds. The van der Waals surface area contributed by atoms with Crippen LogP contribution in [0.4, 0.5) is 0 Å². The van der Waals surface area contributed by atoms with Crippen LogP contribution in [-0.2, 0) is 5.60 Å². The molecule has 0 bridgehead atoms. The average Bonchev–Trinajstić information content (AvgIpc) is 3.94. The average molecular weight is 681 g/mol. The molecule has 2 aliphatic rings. The third kappa shape index (κ3) is 5.85. The van der Waals surface area contributed by atoms with Crippen LogP contribution in [0.3, 0.4) is 0 Å². The maximum absolute atomic E-state index is 13.0. The minimum atomic E-state index is -0.963. The Hall–Kier alpha value is -4.97. The Balaban J connectivity index is 0.000000157. The van der Waals surface area contributed by atoms with E-state index in [-0.39, 0.29) is 29.0 Å². The molecule has 0 radical (unpaired) electrons. The van der Waals surface area contributed by atoms with Gasteiger partial charge in [0, 0.05) is 28.2 Å². The molecule has 2 aromatic carbocycles. The van der Waals surface area contributed by atoms with Crippen molar-refractivity contribution in [2.24, 2.45) is 11.8 Å². The van der Waals surface area contributed by atoms with E-state index < -0.39 is 5.60 Å². The third-order valence-corrected chi connectivity index (χ3v) is 10.9. The van der Waals surface area contributed by atoms with E-state index >= 15 is 0 Å². The van der Waals surface area contributed by atoms with E-state index in [0.29, 0.717) is 39.8 Å². The molecule has 6 aromatic rings. The van der Waals surface area contributed by atoms with Crippen LogP contribution in [0.2, 0.25) is 0 Å². The van der Waals surface area contributed by atoms with Gasteiger partial charge < -0.3 is 34.1 Å². The summed E-state index contributed by atoms with van der Waals surface area (Å²) in [5.74, 6) is 1.79.